The summed E-state index contributed by atoms with van der Waals surface area (Å²) in [4.78, 5) is 21.3. The summed E-state index contributed by atoms with van der Waals surface area (Å²) in [6, 6.07) is 16.6. The van der Waals surface area contributed by atoms with Crippen LogP contribution in [0, 0.1) is 0 Å². The van der Waals surface area contributed by atoms with Gasteiger partial charge in [0.25, 0.3) is 5.91 Å². The van der Waals surface area contributed by atoms with Crippen LogP contribution >= 0.6 is 11.3 Å². The van der Waals surface area contributed by atoms with Crippen molar-refractivity contribution in [1.29, 1.82) is 0 Å². The number of fused-ring (bicyclic) bond motifs is 1. The summed E-state index contributed by atoms with van der Waals surface area (Å²) in [5.74, 6) is -0.282. The maximum absolute atomic E-state index is 13.0. The van der Waals surface area contributed by atoms with Gasteiger partial charge < -0.3 is 0 Å². The quantitative estimate of drug-likeness (QED) is 0.527. The molecule has 2 aliphatic heterocycles. The number of amides is 1. The second kappa shape index (κ2) is 10.6. The molecular formula is C26H30N4O3S2. The summed E-state index contributed by atoms with van der Waals surface area (Å²) < 4.78 is 27.5. The van der Waals surface area contributed by atoms with Gasteiger partial charge in [0.2, 0.25) is 10.0 Å². The van der Waals surface area contributed by atoms with Gasteiger partial charge in [0, 0.05) is 49.6 Å². The molecule has 0 aliphatic carbocycles. The molecule has 5 rings (SSSR count). The van der Waals surface area contributed by atoms with Crippen molar-refractivity contribution in [2.24, 2.45) is 0 Å². The highest BCUT2D eigenvalue weighted by molar-refractivity contribution is 7.89. The molecule has 1 aromatic heterocycles. The van der Waals surface area contributed by atoms with Crippen LogP contribution in [0.5, 0.6) is 0 Å². The lowest BCUT2D eigenvalue weighted by Gasteiger charge is -2.25. The third-order valence-electron chi connectivity index (χ3n) is 6.60. The standard InChI is InChI=1S/C26H30N4O3S2/c31-25(21-10-12-22(13-11-21)35(32,33)30-15-6-1-2-7-16-30)28-26-27-23-14-17-29(19-24(23)34-26)18-20-8-4-3-5-9-20/h3-5,8-13H,1-2,6-7,14-19H2,(H,27,28,31). The minimum Gasteiger partial charge on any atom is -0.298 e. The number of benzene rings is 2. The van der Waals surface area contributed by atoms with E-state index in [0.29, 0.717) is 23.8 Å². The van der Waals surface area contributed by atoms with E-state index < -0.39 is 10.0 Å². The highest BCUT2D eigenvalue weighted by atomic mass is 32.2. The molecule has 184 valence electrons. The lowest BCUT2D eigenvalue weighted by atomic mass is 10.1. The lowest BCUT2D eigenvalue weighted by Crippen LogP contribution is -2.31. The molecule has 3 heterocycles. The average molecular weight is 511 g/mol. The Hall–Kier alpha value is -2.59. The fourth-order valence-corrected chi connectivity index (χ4v) is 7.22. The highest BCUT2D eigenvalue weighted by Gasteiger charge is 2.26. The zero-order chi connectivity index (χ0) is 24.3. The second-order valence-electron chi connectivity index (χ2n) is 9.13. The van der Waals surface area contributed by atoms with Crippen molar-refractivity contribution in [3.63, 3.8) is 0 Å². The number of rotatable bonds is 6. The number of anilines is 1. The Morgan fingerprint density at radius 3 is 2.37 bits per heavy atom. The maximum atomic E-state index is 13.0. The van der Waals surface area contributed by atoms with Gasteiger partial charge in [-0.2, -0.15) is 4.31 Å². The molecule has 0 bridgehead atoms. The normalized spacial score (nSPS) is 17.5. The first-order valence-electron chi connectivity index (χ1n) is 12.2. The predicted octanol–water partition coefficient (Wildman–Crippen LogP) is 4.52. The van der Waals surface area contributed by atoms with E-state index in [1.54, 1.807) is 16.4 Å². The van der Waals surface area contributed by atoms with E-state index in [2.05, 4.69) is 39.5 Å². The van der Waals surface area contributed by atoms with Gasteiger partial charge in [-0.25, -0.2) is 13.4 Å². The highest BCUT2D eigenvalue weighted by Crippen LogP contribution is 2.29. The van der Waals surface area contributed by atoms with Gasteiger partial charge >= 0.3 is 0 Å². The third kappa shape index (κ3) is 5.64. The Kier molecular flexibility index (Phi) is 7.29. The molecule has 0 unspecified atom stereocenters. The molecule has 1 amide bonds. The van der Waals surface area contributed by atoms with Crippen molar-refractivity contribution in [3.8, 4) is 0 Å². The first-order valence-corrected chi connectivity index (χ1v) is 14.4. The number of hydrogen-bond acceptors (Lipinski definition) is 6. The smallest absolute Gasteiger partial charge is 0.257 e. The third-order valence-corrected chi connectivity index (χ3v) is 9.51. The van der Waals surface area contributed by atoms with E-state index in [0.717, 1.165) is 57.4 Å². The molecule has 7 nitrogen and oxygen atoms in total. The van der Waals surface area contributed by atoms with Crippen molar-refractivity contribution in [3.05, 3.63) is 76.3 Å². The molecule has 0 spiro atoms. The maximum Gasteiger partial charge on any atom is 0.257 e. The number of carbonyl (C=O) groups is 1. The molecule has 2 aliphatic rings. The van der Waals surface area contributed by atoms with E-state index in [9.17, 15) is 13.2 Å². The van der Waals surface area contributed by atoms with Gasteiger partial charge in [0.05, 0.1) is 10.6 Å². The van der Waals surface area contributed by atoms with Crippen molar-refractivity contribution in [1.82, 2.24) is 14.2 Å². The first-order chi connectivity index (χ1) is 17.0. The van der Waals surface area contributed by atoms with Crippen LogP contribution in [0.1, 0.15) is 52.2 Å². The van der Waals surface area contributed by atoms with E-state index in [4.69, 9.17) is 0 Å². The molecule has 9 heteroatoms. The van der Waals surface area contributed by atoms with Gasteiger partial charge in [-0.15, -0.1) is 11.3 Å². The molecule has 3 aromatic rings. The minimum atomic E-state index is -3.53. The summed E-state index contributed by atoms with van der Waals surface area (Å²) in [6.45, 7) is 3.77. The van der Waals surface area contributed by atoms with Gasteiger partial charge in [0.1, 0.15) is 0 Å². The zero-order valence-corrected chi connectivity index (χ0v) is 21.3. The Balaban J connectivity index is 1.22. The zero-order valence-electron chi connectivity index (χ0n) is 19.7. The number of hydrogen-bond donors (Lipinski definition) is 1. The van der Waals surface area contributed by atoms with Gasteiger partial charge in [0.15, 0.2) is 5.13 Å². The summed E-state index contributed by atoms with van der Waals surface area (Å²) in [5.41, 5.74) is 2.75. The largest absolute Gasteiger partial charge is 0.298 e. The van der Waals surface area contributed by atoms with Crippen LogP contribution in [0.3, 0.4) is 0 Å². The molecule has 35 heavy (non-hydrogen) atoms. The van der Waals surface area contributed by atoms with E-state index in [-0.39, 0.29) is 10.8 Å². The van der Waals surface area contributed by atoms with Crippen molar-refractivity contribution in [2.75, 3.05) is 25.0 Å². The Bertz CT molecular complexity index is 1270. The number of nitrogens with zero attached hydrogens (tertiary/aromatic N) is 3. The van der Waals surface area contributed by atoms with Gasteiger partial charge in [-0.1, -0.05) is 43.2 Å². The molecule has 1 N–H and O–H groups in total. The van der Waals surface area contributed by atoms with Crippen LogP contribution in [0.15, 0.2) is 59.5 Å². The van der Waals surface area contributed by atoms with Gasteiger partial charge in [-0.05, 0) is 42.7 Å². The minimum absolute atomic E-state index is 0.235. The predicted molar refractivity (Wildman–Crippen MR) is 138 cm³/mol. The van der Waals surface area contributed by atoms with E-state index >= 15 is 0 Å². The fraction of sp³-hybridized carbons (Fsp3) is 0.385. The van der Waals surface area contributed by atoms with Crippen LogP contribution in [0.25, 0.3) is 0 Å². The van der Waals surface area contributed by atoms with E-state index in [1.807, 2.05) is 6.07 Å². The summed E-state index contributed by atoms with van der Waals surface area (Å²) in [6.07, 6.45) is 4.77. The van der Waals surface area contributed by atoms with E-state index in [1.165, 1.54) is 33.9 Å². The molecule has 1 fully saturated rings. The monoisotopic (exact) mass is 510 g/mol. The molecule has 0 atom stereocenters. The Labute approximate surface area is 210 Å². The van der Waals surface area contributed by atoms with Crippen LogP contribution in [-0.2, 0) is 29.5 Å². The topological polar surface area (TPSA) is 82.6 Å². The second-order valence-corrected chi connectivity index (χ2v) is 12.2. The number of thiazole rings is 1. The number of nitrogens with one attached hydrogen (secondary N) is 1. The number of carbonyl (C=O) groups excluding carboxylic acids is 1. The molecule has 2 aromatic carbocycles. The van der Waals surface area contributed by atoms with Crippen LogP contribution in [0.4, 0.5) is 5.13 Å². The SMILES string of the molecule is O=C(Nc1nc2c(s1)CN(Cc1ccccc1)CC2)c1ccc(S(=O)(=O)N2CCCCCC2)cc1. The van der Waals surface area contributed by atoms with Crippen LogP contribution in [-0.4, -0.2) is 48.1 Å². The van der Waals surface area contributed by atoms with Crippen molar-refractivity contribution in [2.45, 2.75) is 50.1 Å². The first kappa shape index (κ1) is 24.1. The number of sulfonamides is 1. The summed E-state index contributed by atoms with van der Waals surface area (Å²) in [5, 5.41) is 3.49. The molecule has 0 saturated carbocycles. The molecule has 1 saturated heterocycles. The Morgan fingerprint density at radius 1 is 0.943 bits per heavy atom. The van der Waals surface area contributed by atoms with Crippen LogP contribution in [0.2, 0.25) is 0 Å². The molecular weight excluding hydrogens is 480 g/mol. The van der Waals surface area contributed by atoms with Crippen LogP contribution < -0.4 is 5.32 Å². The summed E-state index contributed by atoms with van der Waals surface area (Å²) >= 11 is 1.51. The summed E-state index contributed by atoms with van der Waals surface area (Å²) in [7, 11) is -3.53. The average Bonchev–Trinajstić information content (AvgIpc) is 3.06. The molecule has 0 radical (unpaired) electrons. The van der Waals surface area contributed by atoms with Crippen molar-refractivity contribution >= 4 is 32.4 Å². The number of aromatic nitrogens is 1. The lowest BCUT2D eigenvalue weighted by molar-refractivity contribution is 0.102. The Morgan fingerprint density at radius 2 is 1.66 bits per heavy atom. The fourth-order valence-electron chi connectivity index (χ4n) is 4.66. The van der Waals surface area contributed by atoms with Gasteiger partial charge in [-0.3, -0.25) is 15.0 Å². The van der Waals surface area contributed by atoms with Crippen molar-refractivity contribution < 1.29 is 13.2 Å².